The standard InChI is InChI=1S/C35H34N2O3/c1-4-23-20-37(21-24(23)5-2)26-15-16-29-33(18-26)39-32-17-22(3)31(36-25-11-7-6-8-12-25)19-30(32)35(29)28-14-10-9-13-27(28)34(38)40-35/h6-19,23-24,36H,4-5,20-21H2,1-3H3. The predicted molar refractivity (Wildman–Crippen MR) is 159 cm³/mol. The maximum absolute atomic E-state index is 13.3. The average Bonchev–Trinajstić information content (AvgIpc) is 3.54. The Morgan fingerprint density at radius 2 is 1.52 bits per heavy atom. The van der Waals surface area contributed by atoms with Crippen LogP contribution < -0.4 is 15.0 Å². The smallest absolute Gasteiger partial charge is 0.340 e. The summed E-state index contributed by atoms with van der Waals surface area (Å²) in [5, 5.41) is 3.55. The van der Waals surface area contributed by atoms with Crippen LogP contribution in [0, 0.1) is 18.8 Å². The summed E-state index contributed by atoms with van der Waals surface area (Å²) < 4.78 is 13.1. The van der Waals surface area contributed by atoms with Crippen LogP contribution in [0.2, 0.25) is 0 Å². The second-order valence-electron chi connectivity index (χ2n) is 11.3. The molecule has 3 unspecified atom stereocenters. The quantitative estimate of drug-likeness (QED) is 0.264. The molecule has 3 heterocycles. The van der Waals surface area contributed by atoms with E-state index in [1.54, 1.807) is 0 Å². The third kappa shape index (κ3) is 3.71. The topological polar surface area (TPSA) is 50.8 Å². The summed E-state index contributed by atoms with van der Waals surface area (Å²) in [4.78, 5) is 15.8. The fourth-order valence-corrected chi connectivity index (χ4v) is 6.89. The monoisotopic (exact) mass is 530 g/mol. The van der Waals surface area contributed by atoms with Gasteiger partial charge in [-0.3, -0.25) is 0 Å². The molecule has 4 aromatic carbocycles. The Hall–Kier alpha value is -4.25. The minimum absolute atomic E-state index is 0.312. The molecular weight excluding hydrogens is 496 g/mol. The third-order valence-electron chi connectivity index (χ3n) is 9.09. The second-order valence-corrected chi connectivity index (χ2v) is 11.3. The van der Waals surface area contributed by atoms with Gasteiger partial charge in [-0.25, -0.2) is 4.79 Å². The summed E-state index contributed by atoms with van der Waals surface area (Å²) in [5.74, 6) is 2.55. The van der Waals surface area contributed by atoms with Crippen molar-refractivity contribution >= 4 is 23.0 Å². The maximum atomic E-state index is 13.3. The first-order valence-corrected chi connectivity index (χ1v) is 14.4. The lowest BCUT2D eigenvalue weighted by Crippen LogP contribution is -2.33. The number of nitrogens with one attached hydrogen (secondary N) is 1. The van der Waals surface area contributed by atoms with Gasteiger partial charge in [-0.1, -0.05) is 63.1 Å². The molecule has 40 heavy (non-hydrogen) atoms. The molecule has 3 aliphatic rings. The highest BCUT2D eigenvalue weighted by atomic mass is 16.6. The minimum Gasteiger partial charge on any atom is -0.456 e. The zero-order valence-electron chi connectivity index (χ0n) is 23.2. The summed E-state index contributed by atoms with van der Waals surface area (Å²) in [6.07, 6.45) is 2.39. The summed E-state index contributed by atoms with van der Waals surface area (Å²) in [6, 6.07) is 28.4. The van der Waals surface area contributed by atoms with Crippen molar-refractivity contribution < 1.29 is 14.3 Å². The molecule has 1 N–H and O–H groups in total. The maximum Gasteiger partial charge on any atom is 0.340 e. The van der Waals surface area contributed by atoms with Crippen LogP contribution in [0.3, 0.4) is 0 Å². The number of carbonyl (C=O) groups is 1. The molecule has 7 rings (SSSR count). The summed E-state index contributed by atoms with van der Waals surface area (Å²) >= 11 is 0. The molecule has 0 radical (unpaired) electrons. The van der Waals surface area contributed by atoms with Crippen molar-refractivity contribution in [3.63, 3.8) is 0 Å². The van der Waals surface area contributed by atoms with Crippen LogP contribution in [0.5, 0.6) is 11.5 Å². The van der Waals surface area contributed by atoms with Crippen LogP contribution in [-0.4, -0.2) is 19.1 Å². The van der Waals surface area contributed by atoms with Gasteiger partial charge >= 0.3 is 5.97 Å². The van der Waals surface area contributed by atoms with E-state index in [1.807, 2.05) is 54.6 Å². The Morgan fingerprint density at radius 1 is 0.825 bits per heavy atom. The zero-order chi connectivity index (χ0) is 27.4. The van der Waals surface area contributed by atoms with Crippen molar-refractivity contribution in [1.29, 1.82) is 0 Å². The van der Waals surface area contributed by atoms with E-state index >= 15 is 0 Å². The number of anilines is 3. The largest absolute Gasteiger partial charge is 0.456 e. The number of esters is 1. The molecule has 1 saturated heterocycles. The van der Waals surface area contributed by atoms with E-state index in [2.05, 4.69) is 61.3 Å². The first-order valence-electron chi connectivity index (χ1n) is 14.4. The molecule has 0 aromatic heterocycles. The van der Waals surface area contributed by atoms with E-state index in [-0.39, 0.29) is 5.97 Å². The summed E-state index contributed by atoms with van der Waals surface area (Å²) in [7, 11) is 0. The van der Waals surface area contributed by atoms with Crippen molar-refractivity contribution in [2.45, 2.75) is 39.2 Å². The molecule has 5 heteroatoms. The number of ether oxygens (including phenoxy) is 2. The number of carbonyl (C=O) groups excluding carboxylic acids is 1. The molecule has 0 amide bonds. The molecule has 202 valence electrons. The van der Waals surface area contributed by atoms with Gasteiger partial charge in [0, 0.05) is 52.9 Å². The normalized spacial score (nSPS) is 22.4. The van der Waals surface area contributed by atoms with Crippen LogP contribution in [-0.2, 0) is 10.3 Å². The van der Waals surface area contributed by atoms with Crippen LogP contribution in [0.1, 0.15) is 59.3 Å². The van der Waals surface area contributed by atoms with Gasteiger partial charge in [-0.05, 0) is 66.8 Å². The summed E-state index contributed by atoms with van der Waals surface area (Å²) in [6.45, 7) is 8.77. The van der Waals surface area contributed by atoms with E-state index < -0.39 is 5.60 Å². The lowest BCUT2D eigenvalue weighted by Gasteiger charge is -2.37. The number of nitrogens with zero attached hydrogens (tertiary/aromatic N) is 1. The van der Waals surface area contributed by atoms with Crippen LogP contribution in [0.4, 0.5) is 17.1 Å². The number of aryl methyl sites for hydroxylation is 1. The molecule has 5 nitrogen and oxygen atoms in total. The summed E-state index contributed by atoms with van der Waals surface area (Å²) in [5.41, 5.74) is 6.19. The number of fused-ring (bicyclic) bond motifs is 6. The second kappa shape index (κ2) is 9.44. The Morgan fingerprint density at radius 3 is 2.27 bits per heavy atom. The van der Waals surface area contributed by atoms with E-state index in [9.17, 15) is 4.79 Å². The minimum atomic E-state index is -1.08. The molecule has 1 fully saturated rings. The highest BCUT2D eigenvalue weighted by Gasteiger charge is 2.53. The predicted octanol–water partition coefficient (Wildman–Crippen LogP) is 8.18. The molecular formula is C35H34N2O3. The first-order chi connectivity index (χ1) is 19.5. The zero-order valence-corrected chi connectivity index (χ0v) is 23.2. The van der Waals surface area contributed by atoms with Crippen LogP contribution in [0.25, 0.3) is 0 Å². The highest BCUT2D eigenvalue weighted by Crippen LogP contribution is 2.57. The fraction of sp³-hybridized carbons (Fsp3) is 0.286. The SMILES string of the molecule is CCC1CN(c2ccc3c(c2)Oc2cc(C)c(Nc4ccccc4)cc2C32OC(=O)c3ccccc32)CC1CC. The van der Waals surface area contributed by atoms with Crippen molar-refractivity contribution in [1.82, 2.24) is 0 Å². The number of hydrogen-bond donors (Lipinski definition) is 1. The number of hydrogen-bond acceptors (Lipinski definition) is 5. The van der Waals surface area contributed by atoms with Crippen LogP contribution >= 0.6 is 0 Å². The fourth-order valence-electron chi connectivity index (χ4n) is 6.89. The van der Waals surface area contributed by atoms with Crippen molar-refractivity contribution in [3.05, 3.63) is 113 Å². The Labute approximate surface area is 235 Å². The van der Waals surface area contributed by atoms with Gasteiger partial charge in [-0.15, -0.1) is 0 Å². The van der Waals surface area contributed by atoms with Crippen LogP contribution in [0.15, 0.2) is 84.9 Å². The van der Waals surface area contributed by atoms with E-state index in [0.29, 0.717) is 23.1 Å². The van der Waals surface area contributed by atoms with Crippen molar-refractivity contribution in [2.75, 3.05) is 23.3 Å². The lowest BCUT2D eigenvalue weighted by molar-refractivity contribution is 0.0224. The molecule has 3 atom stereocenters. The van der Waals surface area contributed by atoms with Gasteiger partial charge in [0.1, 0.15) is 11.5 Å². The lowest BCUT2D eigenvalue weighted by atomic mass is 9.77. The van der Waals surface area contributed by atoms with Gasteiger partial charge in [-0.2, -0.15) is 0 Å². The van der Waals surface area contributed by atoms with E-state index in [0.717, 1.165) is 58.2 Å². The molecule has 1 spiro atoms. The van der Waals surface area contributed by atoms with Crippen molar-refractivity contribution in [3.8, 4) is 11.5 Å². The molecule has 0 saturated carbocycles. The first kappa shape index (κ1) is 24.8. The Bertz CT molecular complexity index is 1600. The average molecular weight is 531 g/mol. The molecule has 0 bridgehead atoms. The highest BCUT2D eigenvalue weighted by molar-refractivity contribution is 5.97. The Balaban J connectivity index is 1.38. The number of benzene rings is 4. The van der Waals surface area contributed by atoms with Gasteiger partial charge in [0.05, 0.1) is 5.56 Å². The Kier molecular flexibility index (Phi) is 5.85. The van der Waals surface area contributed by atoms with E-state index in [4.69, 9.17) is 9.47 Å². The third-order valence-corrected chi connectivity index (χ3v) is 9.09. The van der Waals surface area contributed by atoms with Crippen molar-refractivity contribution in [2.24, 2.45) is 11.8 Å². The number of para-hydroxylation sites is 1. The van der Waals surface area contributed by atoms with E-state index in [1.165, 1.54) is 12.8 Å². The van der Waals surface area contributed by atoms with Gasteiger partial charge in [0.25, 0.3) is 0 Å². The molecule has 3 aliphatic heterocycles. The molecule has 0 aliphatic carbocycles. The van der Waals surface area contributed by atoms with Gasteiger partial charge in [0.2, 0.25) is 0 Å². The number of rotatable bonds is 5. The molecule has 4 aromatic rings. The van der Waals surface area contributed by atoms with Gasteiger partial charge < -0.3 is 19.7 Å². The van der Waals surface area contributed by atoms with Gasteiger partial charge in [0.15, 0.2) is 5.60 Å².